The Kier molecular flexibility index (Phi) is 3.35. The number of hydrogen-bond acceptors (Lipinski definition) is 4. The van der Waals surface area contributed by atoms with Gasteiger partial charge >= 0.3 is 0 Å². The van der Waals surface area contributed by atoms with E-state index in [0.29, 0.717) is 5.69 Å². The highest BCUT2D eigenvalue weighted by Crippen LogP contribution is 2.18. The summed E-state index contributed by atoms with van der Waals surface area (Å²) in [5.74, 6) is 0. The molecule has 3 N–H and O–H groups in total. The molecule has 0 bridgehead atoms. The van der Waals surface area contributed by atoms with Crippen molar-refractivity contribution in [3.63, 3.8) is 0 Å². The molecule has 18 heavy (non-hydrogen) atoms. The number of aliphatic hydroxyl groups is 1. The Morgan fingerprint density at radius 3 is 2.89 bits per heavy atom. The van der Waals surface area contributed by atoms with Crippen LogP contribution in [0.5, 0.6) is 0 Å². The van der Waals surface area contributed by atoms with Crippen LogP contribution in [-0.4, -0.2) is 23.7 Å². The Morgan fingerprint density at radius 2 is 2.22 bits per heavy atom. The number of H-pyrrole nitrogens is 1. The Morgan fingerprint density at radius 1 is 1.44 bits per heavy atom. The Hall–Kier alpha value is -1.86. The fourth-order valence-electron chi connectivity index (χ4n) is 1.56. The zero-order valence-corrected chi connectivity index (χ0v) is 10.5. The highest BCUT2D eigenvalue weighted by atomic mass is 32.2. The van der Waals surface area contributed by atoms with Gasteiger partial charge in [0.1, 0.15) is 0 Å². The molecular weight excluding hydrogens is 254 g/mol. The van der Waals surface area contributed by atoms with E-state index in [2.05, 4.69) is 14.9 Å². The lowest BCUT2D eigenvalue weighted by atomic mass is 10.2. The fraction of sp³-hybridized carbons (Fsp3) is 0.182. The first-order chi connectivity index (χ1) is 8.53. The summed E-state index contributed by atoms with van der Waals surface area (Å²) < 4.78 is 26.5. The summed E-state index contributed by atoms with van der Waals surface area (Å²) in [7, 11) is -3.76. The zero-order chi connectivity index (χ0) is 13.2. The van der Waals surface area contributed by atoms with Gasteiger partial charge in [-0.25, -0.2) is 0 Å². The molecule has 96 valence electrons. The van der Waals surface area contributed by atoms with E-state index in [4.69, 9.17) is 5.11 Å². The van der Waals surface area contributed by atoms with Gasteiger partial charge in [0.15, 0.2) is 5.03 Å². The lowest BCUT2D eigenvalue weighted by molar-refractivity contribution is 0.278. The molecule has 7 heteroatoms. The third kappa shape index (κ3) is 2.52. The monoisotopic (exact) mass is 267 g/mol. The van der Waals surface area contributed by atoms with Gasteiger partial charge in [0, 0.05) is 11.3 Å². The lowest BCUT2D eigenvalue weighted by Crippen LogP contribution is -2.15. The van der Waals surface area contributed by atoms with Gasteiger partial charge in [-0.3, -0.25) is 9.82 Å². The number of aryl methyl sites for hydroxylation is 1. The second kappa shape index (κ2) is 4.79. The van der Waals surface area contributed by atoms with Gasteiger partial charge in [0.25, 0.3) is 10.0 Å². The number of rotatable bonds is 4. The van der Waals surface area contributed by atoms with Crippen molar-refractivity contribution in [1.29, 1.82) is 0 Å². The van der Waals surface area contributed by atoms with Crippen molar-refractivity contribution < 1.29 is 13.5 Å². The van der Waals surface area contributed by atoms with Crippen molar-refractivity contribution in [3.8, 4) is 0 Å². The minimum atomic E-state index is -3.76. The molecule has 2 rings (SSSR count). The first-order valence-corrected chi connectivity index (χ1v) is 6.74. The number of aliphatic hydroxyl groups excluding tert-OH is 1. The van der Waals surface area contributed by atoms with E-state index in [-0.39, 0.29) is 17.2 Å². The summed E-state index contributed by atoms with van der Waals surface area (Å²) >= 11 is 0. The Bertz CT molecular complexity index is 649. The molecule has 1 aromatic carbocycles. The zero-order valence-electron chi connectivity index (χ0n) is 9.71. The molecule has 0 aliphatic rings. The normalized spacial score (nSPS) is 11.4. The highest BCUT2D eigenvalue weighted by Gasteiger charge is 2.20. The van der Waals surface area contributed by atoms with Gasteiger partial charge in [0.2, 0.25) is 0 Å². The number of aromatic amines is 1. The largest absolute Gasteiger partial charge is 0.392 e. The van der Waals surface area contributed by atoms with Crippen molar-refractivity contribution in [2.24, 2.45) is 0 Å². The summed E-state index contributed by atoms with van der Waals surface area (Å²) in [4.78, 5) is 0. The predicted molar refractivity (Wildman–Crippen MR) is 66.5 cm³/mol. The predicted octanol–water partition coefficient (Wildman–Crippen LogP) is 1.01. The van der Waals surface area contributed by atoms with Crippen molar-refractivity contribution >= 4 is 15.7 Å². The highest BCUT2D eigenvalue weighted by molar-refractivity contribution is 7.92. The summed E-state index contributed by atoms with van der Waals surface area (Å²) in [6, 6.07) is 6.99. The molecule has 0 saturated carbocycles. The fourth-order valence-corrected chi connectivity index (χ4v) is 2.73. The van der Waals surface area contributed by atoms with Gasteiger partial charge < -0.3 is 5.11 Å². The number of nitrogens with zero attached hydrogens (tertiary/aromatic N) is 1. The van der Waals surface area contributed by atoms with Crippen LogP contribution in [-0.2, 0) is 16.6 Å². The summed E-state index contributed by atoms with van der Waals surface area (Å²) in [5, 5.41) is 14.9. The van der Waals surface area contributed by atoms with E-state index in [0.717, 1.165) is 5.56 Å². The molecule has 0 saturated heterocycles. The Balaban J connectivity index is 2.33. The lowest BCUT2D eigenvalue weighted by Gasteiger charge is -2.07. The minimum Gasteiger partial charge on any atom is -0.392 e. The molecule has 0 fully saturated rings. The van der Waals surface area contributed by atoms with Crippen molar-refractivity contribution in [1.82, 2.24) is 10.2 Å². The summed E-state index contributed by atoms with van der Waals surface area (Å²) in [6.07, 6.45) is 1.28. The van der Waals surface area contributed by atoms with Crippen molar-refractivity contribution in [2.75, 3.05) is 4.72 Å². The third-order valence-electron chi connectivity index (χ3n) is 2.39. The topological polar surface area (TPSA) is 95.1 Å². The molecular formula is C11H13N3O3S. The van der Waals surface area contributed by atoms with Gasteiger partial charge in [0.05, 0.1) is 12.8 Å². The molecule has 0 unspecified atom stereocenters. The summed E-state index contributed by atoms with van der Waals surface area (Å²) in [6.45, 7) is 1.48. The standard InChI is InChI=1S/C11H13N3O3S/c1-8-3-2-4-10(5-8)14-18(16,17)11-9(7-15)6-12-13-11/h2-6,14-15H,7H2,1H3,(H,12,13). The molecule has 0 aliphatic carbocycles. The average molecular weight is 267 g/mol. The van der Waals surface area contributed by atoms with Crippen LogP contribution in [0.2, 0.25) is 0 Å². The van der Waals surface area contributed by atoms with Gasteiger partial charge in [-0.1, -0.05) is 12.1 Å². The van der Waals surface area contributed by atoms with E-state index < -0.39 is 10.0 Å². The number of benzene rings is 1. The number of hydrogen-bond donors (Lipinski definition) is 3. The third-order valence-corrected chi connectivity index (χ3v) is 3.78. The smallest absolute Gasteiger partial charge is 0.279 e. The van der Waals surface area contributed by atoms with E-state index in [1.165, 1.54) is 6.20 Å². The second-order valence-electron chi connectivity index (χ2n) is 3.86. The number of nitrogens with one attached hydrogen (secondary N) is 2. The molecule has 2 aromatic rings. The maximum Gasteiger partial charge on any atom is 0.279 e. The maximum atomic E-state index is 12.1. The van der Waals surface area contributed by atoms with Crippen LogP contribution < -0.4 is 4.72 Å². The van der Waals surface area contributed by atoms with Crippen molar-refractivity contribution in [2.45, 2.75) is 18.6 Å². The van der Waals surface area contributed by atoms with Crippen LogP contribution in [0, 0.1) is 6.92 Å². The van der Waals surface area contributed by atoms with Crippen LogP contribution in [0.25, 0.3) is 0 Å². The van der Waals surface area contributed by atoms with Gasteiger partial charge in [-0.15, -0.1) is 0 Å². The van der Waals surface area contributed by atoms with Crippen LogP contribution >= 0.6 is 0 Å². The first kappa shape index (κ1) is 12.6. The van der Waals surface area contributed by atoms with Crippen LogP contribution in [0.15, 0.2) is 35.5 Å². The molecule has 0 radical (unpaired) electrons. The minimum absolute atomic E-state index is 0.119. The van der Waals surface area contributed by atoms with Crippen LogP contribution in [0.4, 0.5) is 5.69 Å². The molecule has 0 spiro atoms. The summed E-state index contributed by atoms with van der Waals surface area (Å²) in [5.41, 5.74) is 1.64. The quantitative estimate of drug-likeness (QED) is 0.770. The second-order valence-corrected chi connectivity index (χ2v) is 5.48. The van der Waals surface area contributed by atoms with E-state index in [1.807, 2.05) is 13.0 Å². The van der Waals surface area contributed by atoms with Gasteiger partial charge in [-0.2, -0.15) is 13.5 Å². The molecule has 6 nitrogen and oxygen atoms in total. The molecule has 0 amide bonds. The molecule has 0 aliphatic heterocycles. The molecule has 1 aromatic heterocycles. The number of aromatic nitrogens is 2. The number of sulfonamides is 1. The SMILES string of the molecule is Cc1cccc(NS(=O)(=O)c2[nH]ncc2CO)c1. The maximum absolute atomic E-state index is 12.1. The number of anilines is 1. The van der Waals surface area contributed by atoms with Crippen LogP contribution in [0.1, 0.15) is 11.1 Å². The Labute approximate surface area is 105 Å². The van der Waals surface area contributed by atoms with E-state index in [1.54, 1.807) is 18.2 Å². The van der Waals surface area contributed by atoms with Crippen molar-refractivity contribution in [3.05, 3.63) is 41.6 Å². The molecule has 0 atom stereocenters. The van der Waals surface area contributed by atoms with Gasteiger partial charge in [-0.05, 0) is 24.6 Å². The first-order valence-electron chi connectivity index (χ1n) is 5.25. The van der Waals surface area contributed by atoms with Crippen LogP contribution in [0.3, 0.4) is 0 Å². The van der Waals surface area contributed by atoms with E-state index >= 15 is 0 Å². The molecule has 1 heterocycles. The average Bonchev–Trinajstić information content (AvgIpc) is 2.77. The van der Waals surface area contributed by atoms with E-state index in [9.17, 15) is 8.42 Å².